The number of ether oxygens (including phenoxy) is 2. The van der Waals surface area contributed by atoms with E-state index in [1.54, 1.807) is 19.4 Å². The van der Waals surface area contributed by atoms with Crippen molar-refractivity contribution in [2.45, 2.75) is 13.0 Å². The third kappa shape index (κ3) is 3.53. The summed E-state index contributed by atoms with van der Waals surface area (Å²) in [4.78, 5) is 8.57. The van der Waals surface area contributed by atoms with Crippen molar-refractivity contribution in [2.24, 2.45) is 0 Å². The molecule has 0 spiro atoms. The van der Waals surface area contributed by atoms with Gasteiger partial charge < -0.3 is 9.47 Å². The number of nitrogens with one attached hydrogen (secondary N) is 1. The van der Waals surface area contributed by atoms with E-state index in [0.717, 1.165) is 43.9 Å². The van der Waals surface area contributed by atoms with Crippen molar-refractivity contribution in [3.05, 3.63) is 75.8 Å². The van der Waals surface area contributed by atoms with Crippen molar-refractivity contribution in [1.82, 2.24) is 20.2 Å². The predicted molar refractivity (Wildman–Crippen MR) is 118 cm³/mol. The first-order valence-corrected chi connectivity index (χ1v) is 10.3. The van der Waals surface area contributed by atoms with Gasteiger partial charge in [0.15, 0.2) is 11.5 Å². The van der Waals surface area contributed by atoms with Gasteiger partial charge in [-0.15, -0.1) is 0 Å². The van der Waals surface area contributed by atoms with E-state index in [1.807, 2.05) is 42.5 Å². The van der Waals surface area contributed by atoms with Crippen LogP contribution < -0.4 is 9.47 Å². The van der Waals surface area contributed by atoms with Gasteiger partial charge >= 0.3 is 0 Å². The zero-order valence-corrected chi connectivity index (χ0v) is 18.1. The molecule has 0 unspecified atom stereocenters. The molecule has 1 N–H and O–H groups in total. The summed E-state index contributed by atoms with van der Waals surface area (Å²) in [5.41, 5.74) is 7.14. The fourth-order valence-electron chi connectivity index (χ4n) is 3.73. The van der Waals surface area contributed by atoms with Gasteiger partial charge in [0, 0.05) is 29.3 Å². The second kappa shape index (κ2) is 7.85. The summed E-state index contributed by atoms with van der Waals surface area (Å²) in [5.74, 6) is 1.32. The summed E-state index contributed by atoms with van der Waals surface area (Å²) >= 11 is 3.38. The first kappa shape index (κ1) is 19.3. The number of nitriles is 1. The molecule has 4 aromatic rings. The molecule has 0 amide bonds. The van der Waals surface area contributed by atoms with Crippen molar-refractivity contribution in [3.8, 4) is 40.1 Å². The number of pyridine rings is 2. The molecule has 1 aliphatic rings. The number of benzene rings is 1. The Morgan fingerprint density at radius 2 is 2.10 bits per heavy atom. The molecule has 0 radical (unpaired) electrons. The summed E-state index contributed by atoms with van der Waals surface area (Å²) in [6, 6.07) is 15.3. The van der Waals surface area contributed by atoms with Crippen molar-refractivity contribution in [3.63, 3.8) is 0 Å². The molecule has 1 aromatic carbocycles. The number of halogens is 1. The van der Waals surface area contributed by atoms with Crippen LogP contribution in [0.1, 0.15) is 22.5 Å². The van der Waals surface area contributed by atoms with E-state index in [9.17, 15) is 0 Å². The number of aromatic amines is 1. The van der Waals surface area contributed by atoms with Gasteiger partial charge in [-0.3, -0.25) is 5.10 Å². The number of aromatic nitrogens is 4. The van der Waals surface area contributed by atoms with Crippen LogP contribution in [-0.2, 0) is 13.0 Å². The summed E-state index contributed by atoms with van der Waals surface area (Å²) < 4.78 is 12.4. The van der Waals surface area contributed by atoms with Gasteiger partial charge in [-0.1, -0.05) is 6.07 Å². The van der Waals surface area contributed by atoms with E-state index in [2.05, 4.69) is 36.1 Å². The summed E-state index contributed by atoms with van der Waals surface area (Å²) in [6.07, 6.45) is 2.39. The van der Waals surface area contributed by atoms with E-state index in [0.29, 0.717) is 30.2 Å². The Hall–Kier alpha value is -3.70. The van der Waals surface area contributed by atoms with E-state index in [1.165, 1.54) is 0 Å². The summed E-state index contributed by atoms with van der Waals surface area (Å²) in [6.45, 7) is 0.337. The van der Waals surface area contributed by atoms with E-state index in [4.69, 9.17) is 14.7 Å². The number of methoxy groups -OCH3 is 1. The molecular formula is C23H16BrN5O2. The van der Waals surface area contributed by atoms with Crippen LogP contribution in [0.4, 0.5) is 0 Å². The SMILES string of the molecule is COc1cc2c(cc1OCc1cccc(Br)n1)Cc1c(-c3ccc(C#N)nc3)n[nH]c1-2. The third-order valence-electron chi connectivity index (χ3n) is 5.19. The maximum atomic E-state index is 8.97. The Bertz CT molecular complexity index is 1330. The van der Waals surface area contributed by atoms with Gasteiger partial charge in [-0.05, 0) is 57.9 Å². The zero-order valence-electron chi connectivity index (χ0n) is 16.5. The molecule has 3 aromatic heterocycles. The number of fused-ring (bicyclic) bond motifs is 3. The molecule has 3 heterocycles. The molecule has 0 aliphatic heterocycles. The molecule has 0 saturated heterocycles. The van der Waals surface area contributed by atoms with Gasteiger partial charge in [0.05, 0.1) is 24.2 Å². The van der Waals surface area contributed by atoms with E-state index >= 15 is 0 Å². The van der Waals surface area contributed by atoms with Crippen molar-refractivity contribution < 1.29 is 9.47 Å². The maximum absolute atomic E-state index is 8.97. The first-order valence-electron chi connectivity index (χ1n) is 9.55. The number of H-pyrrole nitrogens is 1. The lowest BCUT2D eigenvalue weighted by atomic mass is 10.1. The van der Waals surface area contributed by atoms with Gasteiger partial charge in [-0.25, -0.2) is 9.97 Å². The molecule has 0 saturated carbocycles. The molecule has 1 aliphatic carbocycles. The quantitative estimate of drug-likeness (QED) is 0.372. The zero-order chi connectivity index (χ0) is 21.4. The van der Waals surface area contributed by atoms with Crippen molar-refractivity contribution in [2.75, 3.05) is 7.11 Å². The Morgan fingerprint density at radius 3 is 2.84 bits per heavy atom. The number of hydrogen-bond acceptors (Lipinski definition) is 6. The predicted octanol–water partition coefficient (Wildman–Crippen LogP) is 4.66. The average molecular weight is 474 g/mol. The smallest absolute Gasteiger partial charge is 0.162 e. The monoisotopic (exact) mass is 473 g/mol. The molecule has 31 heavy (non-hydrogen) atoms. The highest BCUT2D eigenvalue weighted by atomic mass is 79.9. The normalized spacial score (nSPS) is 11.5. The lowest BCUT2D eigenvalue weighted by Gasteiger charge is -2.13. The van der Waals surface area contributed by atoms with Crippen LogP contribution in [0.5, 0.6) is 11.5 Å². The second-order valence-electron chi connectivity index (χ2n) is 7.05. The fraction of sp³-hybridized carbons (Fsp3) is 0.130. The van der Waals surface area contributed by atoms with Crippen LogP contribution in [0.15, 0.2) is 53.3 Å². The number of nitrogens with zero attached hydrogens (tertiary/aromatic N) is 4. The second-order valence-corrected chi connectivity index (χ2v) is 7.86. The average Bonchev–Trinajstić information content (AvgIpc) is 3.36. The van der Waals surface area contributed by atoms with Crippen LogP contribution >= 0.6 is 15.9 Å². The third-order valence-corrected chi connectivity index (χ3v) is 5.63. The van der Waals surface area contributed by atoms with Crippen LogP contribution in [0.25, 0.3) is 22.5 Å². The Labute approximate surface area is 186 Å². The fourth-order valence-corrected chi connectivity index (χ4v) is 4.11. The minimum Gasteiger partial charge on any atom is -0.493 e. The van der Waals surface area contributed by atoms with Crippen LogP contribution in [0.2, 0.25) is 0 Å². The van der Waals surface area contributed by atoms with Gasteiger partial charge in [-0.2, -0.15) is 10.4 Å². The van der Waals surface area contributed by atoms with E-state index < -0.39 is 0 Å². The maximum Gasteiger partial charge on any atom is 0.162 e. The van der Waals surface area contributed by atoms with Crippen LogP contribution in [0, 0.1) is 11.3 Å². The Morgan fingerprint density at radius 1 is 1.19 bits per heavy atom. The Balaban J connectivity index is 1.45. The lowest BCUT2D eigenvalue weighted by molar-refractivity contribution is 0.280. The molecule has 0 bridgehead atoms. The van der Waals surface area contributed by atoms with E-state index in [-0.39, 0.29) is 0 Å². The highest BCUT2D eigenvalue weighted by molar-refractivity contribution is 9.10. The largest absolute Gasteiger partial charge is 0.493 e. The molecule has 8 heteroatoms. The molecule has 5 rings (SSSR count). The highest BCUT2D eigenvalue weighted by Crippen LogP contribution is 2.44. The molecule has 0 atom stereocenters. The topological polar surface area (TPSA) is 96.7 Å². The minimum absolute atomic E-state index is 0.337. The molecule has 7 nitrogen and oxygen atoms in total. The summed E-state index contributed by atoms with van der Waals surface area (Å²) in [5, 5.41) is 16.6. The minimum atomic E-state index is 0.337. The molecular weight excluding hydrogens is 458 g/mol. The number of hydrogen-bond donors (Lipinski definition) is 1. The standard InChI is InChI=1S/C23H16BrN5O2/c1-30-19-9-17-14(8-20(19)31-12-16-3-2-4-21(24)27-16)7-18-22(28-29-23(17)18)13-5-6-15(10-25)26-11-13/h2-6,8-9,11H,7,12H2,1H3,(H,28,29). The van der Waals surface area contributed by atoms with Gasteiger partial charge in [0.1, 0.15) is 23.0 Å². The molecule has 152 valence electrons. The summed E-state index contributed by atoms with van der Waals surface area (Å²) in [7, 11) is 1.63. The Kier molecular flexibility index (Phi) is 4.88. The van der Waals surface area contributed by atoms with Crippen molar-refractivity contribution >= 4 is 15.9 Å². The lowest BCUT2D eigenvalue weighted by Crippen LogP contribution is -2.01. The van der Waals surface area contributed by atoms with Crippen LogP contribution in [-0.4, -0.2) is 27.3 Å². The molecule has 0 fully saturated rings. The number of rotatable bonds is 5. The van der Waals surface area contributed by atoms with Gasteiger partial charge in [0.2, 0.25) is 0 Å². The van der Waals surface area contributed by atoms with Crippen LogP contribution in [0.3, 0.4) is 0 Å². The first-order chi connectivity index (χ1) is 15.2. The van der Waals surface area contributed by atoms with Gasteiger partial charge in [0.25, 0.3) is 0 Å². The van der Waals surface area contributed by atoms with Crippen molar-refractivity contribution in [1.29, 1.82) is 5.26 Å². The highest BCUT2D eigenvalue weighted by Gasteiger charge is 2.27.